The van der Waals surface area contributed by atoms with Gasteiger partial charge < -0.3 is 4.90 Å². The Labute approximate surface area is 109 Å². The lowest BCUT2D eigenvalue weighted by Gasteiger charge is -2.36. The molecule has 0 saturated carbocycles. The van der Waals surface area contributed by atoms with Crippen molar-refractivity contribution in [1.82, 2.24) is 19.8 Å². The smallest absolute Gasteiger partial charge is 0.148 e. The van der Waals surface area contributed by atoms with Gasteiger partial charge in [0.1, 0.15) is 11.0 Å². The summed E-state index contributed by atoms with van der Waals surface area (Å²) in [5, 5.41) is 0.478. The molecule has 1 aromatic heterocycles. The highest BCUT2D eigenvalue weighted by Gasteiger charge is 2.26. The molecule has 88 valence electrons. The quantitative estimate of drug-likeness (QED) is 0.741. The maximum absolute atomic E-state index is 5.99. The van der Waals surface area contributed by atoms with Crippen LogP contribution >= 0.6 is 27.5 Å². The van der Waals surface area contributed by atoms with Gasteiger partial charge in [0.2, 0.25) is 0 Å². The first-order chi connectivity index (χ1) is 7.58. The number of nitrogens with zero attached hydrogens (tertiary/aromatic N) is 4. The van der Waals surface area contributed by atoms with E-state index in [1.165, 1.54) is 0 Å². The van der Waals surface area contributed by atoms with Crippen LogP contribution in [0.4, 0.5) is 0 Å². The third kappa shape index (κ3) is 2.53. The second kappa shape index (κ2) is 4.96. The fraction of sp³-hybridized carbons (Fsp3) is 0.600. The molecule has 0 radical (unpaired) electrons. The predicted molar refractivity (Wildman–Crippen MR) is 67.6 cm³/mol. The van der Waals surface area contributed by atoms with Crippen LogP contribution in [-0.2, 0) is 0 Å². The predicted octanol–water partition coefficient (Wildman–Crippen LogP) is 1.81. The van der Waals surface area contributed by atoms with Gasteiger partial charge in [-0.25, -0.2) is 9.97 Å². The van der Waals surface area contributed by atoms with E-state index in [1.54, 1.807) is 6.20 Å². The van der Waals surface area contributed by atoms with Gasteiger partial charge in [-0.05, 0) is 30.0 Å². The minimum absolute atomic E-state index is 0.226. The van der Waals surface area contributed by atoms with E-state index in [9.17, 15) is 0 Å². The molecule has 0 N–H and O–H groups in total. The van der Waals surface area contributed by atoms with Gasteiger partial charge in [0.05, 0.1) is 10.5 Å². The van der Waals surface area contributed by atoms with Crippen molar-refractivity contribution in [3.63, 3.8) is 0 Å². The summed E-state index contributed by atoms with van der Waals surface area (Å²) in [6.45, 7) is 3.05. The van der Waals surface area contributed by atoms with Crippen LogP contribution in [0.3, 0.4) is 0 Å². The van der Waals surface area contributed by atoms with Crippen LogP contribution in [0.5, 0.6) is 0 Å². The van der Waals surface area contributed by atoms with Crippen molar-refractivity contribution in [2.45, 2.75) is 6.04 Å². The molecule has 0 spiro atoms. The van der Waals surface area contributed by atoms with Gasteiger partial charge >= 0.3 is 0 Å². The van der Waals surface area contributed by atoms with E-state index in [0.717, 1.165) is 29.9 Å². The van der Waals surface area contributed by atoms with Crippen LogP contribution in [0.15, 0.2) is 10.7 Å². The molecule has 1 aliphatic rings. The zero-order valence-corrected chi connectivity index (χ0v) is 11.7. The van der Waals surface area contributed by atoms with E-state index < -0.39 is 0 Å². The van der Waals surface area contributed by atoms with Crippen molar-refractivity contribution >= 4 is 27.5 Å². The Morgan fingerprint density at radius 1 is 1.44 bits per heavy atom. The molecule has 1 unspecified atom stereocenters. The first kappa shape index (κ1) is 12.2. The van der Waals surface area contributed by atoms with Gasteiger partial charge in [0, 0.05) is 25.8 Å². The lowest BCUT2D eigenvalue weighted by molar-refractivity contribution is 0.109. The Balaban J connectivity index is 2.24. The van der Waals surface area contributed by atoms with Gasteiger partial charge in [0.25, 0.3) is 0 Å². The van der Waals surface area contributed by atoms with Crippen molar-refractivity contribution in [3.05, 3.63) is 21.6 Å². The van der Waals surface area contributed by atoms with Crippen molar-refractivity contribution in [1.29, 1.82) is 0 Å². The molecule has 0 aliphatic carbocycles. The van der Waals surface area contributed by atoms with Gasteiger partial charge in [-0.2, -0.15) is 0 Å². The third-order valence-corrected chi connectivity index (χ3v) is 3.97. The zero-order valence-electron chi connectivity index (χ0n) is 9.32. The maximum Gasteiger partial charge on any atom is 0.148 e. The molecule has 4 nitrogen and oxygen atoms in total. The Kier molecular flexibility index (Phi) is 3.79. The number of aromatic nitrogens is 2. The van der Waals surface area contributed by atoms with E-state index in [2.05, 4.69) is 49.8 Å². The van der Waals surface area contributed by atoms with Crippen LogP contribution < -0.4 is 0 Å². The maximum atomic E-state index is 5.99. The molecule has 0 bridgehead atoms. The summed E-state index contributed by atoms with van der Waals surface area (Å²) in [6.07, 6.45) is 1.72. The van der Waals surface area contributed by atoms with E-state index in [-0.39, 0.29) is 6.04 Å². The molecular weight excluding hydrogens is 291 g/mol. The van der Waals surface area contributed by atoms with Gasteiger partial charge in [-0.3, -0.25) is 4.90 Å². The molecule has 0 amide bonds. The first-order valence-electron chi connectivity index (χ1n) is 5.14. The normalized spacial score (nSPS) is 23.6. The fourth-order valence-corrected chi connectivity index (χ4v) is 2.13. The molecule has 1 saturated heterocycles. The van der Waals surface area contributed by atoms with Crippen LogP contribution in [0.2, 0.25) is 5.15 Å². The summed E-state index contributed by atoms with van der Waals surface area (Å²) in [5.41, 5.74) is 0. The summed E-state index contributed by atoms with van der Waals surface area (Å²) in [4.78, 5) is 13.2. The van der Waals surface area contributed by atoms with Gasteiger partial charge in [0.15, 0.2) is 0 Å². The number of halogens is 2. The largest absolute Gasteiger partial charge is 0.303 e. The Hall–Kier alpha value is -0.230. The summed E-state index contributed by atoms with van der Waals surface area (Å²) < 4.78 is 0.740. The SMILES string of the molecule is CN1CCN(C)C(c2ncc(Br)c(Cl)n2)C1. The zero-order chi connectivity index (χ0) is 11.7. The molecule has 1 fully saturated rings. The van der Waals surface area contributed by atoms with E-state index in [4.69, 9.17) is 11.6 Å². The van der Waals surface area contributed by atoms with Crippen molar-refractivity contribution < 1.29 is 0 Å². The molecule has 6 heteroatoms. The van der Waals surface area contributed by atoms with Crippen LogP contribution in [-0.4, -0.2) is 53.5 Å². The average Bonchev–Trinajstić information content (AvgIpc) is 2.26. The lowest BCUT2D eigenvalue weighted by Crippen LogP contribution is -2.45. The Morgan fingerprint density at radius 2 is 2.19 bits per heavy atom. The minimum Gasteiger partial charge on any atom is -0.303 e. The topological polar surface area (TPSA) is 32.3 Å². The Morgan fingerprint density at radius 3 is 2.88 bits per heavy atom. The standard InChI is InChI=1S/C10H14BrClN4/c1-15-3-4-16(2)8(6-15)10-13-5-7(11)9(12)14-10/h5,8H,3-4,6H2,1-2H3. The Bertz CT molecular complexity index is 387. The van der Waals surface area contributed by atoms with E-state index in [1.807, 2.05) is 0 Å². The van der Waals surface area contributed by atoms with Crippen LogP contribution in [0.25, 0.3) is 0 Å². The van der Waals surface area contributed by atoms with Gasteiger partial charge in [-0.1, -0.05) is 11.6 Å². The van der Waals surface area contributed by atoms with Crippen LogP contribution in [0.1, 0.15) is 11.9 Å². The fourth-order valence-electron chi connectivity index (χ4n) is 1.81. The number of likely N-dealkylation sites (N-methyl/N-ethyl adjacent to an activating group) is 2. The molecule has 0 aromatic carbocycles. The molecule has 2 heterocycles. The highest BCUT2D eigenvalue weighted by Crippen LogP contribution is 2.24. The van der Waals surface area contributed by atoms with Crippen molar-refractivity contribution in [3.8, 4) is 0 Å². The van der Waals surface area contributed by atoms with E-state index in [0.29, 0.717) is 5.15 Å². The monoisotopic (exact) mass is 304 g/mol. The van der Waals surface area contributed by atoms with Crippen molar-refractivity contribution in [2.24, 2.45) is 0 Å². The first-order valence-corrected chi connectivity index (χ1v) is 6.31. The average molecular weight is 306 g/mol. The summed E-state index contributed by atoms with van der Waals surface area (Å²) >= 11 is 9.29. The number of rotatable bonds is 1. The molecule has 16 heavy (non-hydrogen) atoms. The number of hydrogen-bond acceptors (Lipinski definition) is 4. The van der Waals surface area contributed by atoms with Crippen molar-refractivity contribution in [2.75, 3.05) is 33.7 Å². The van der Waals surface area contributed by atoms with Gasteiger partial charge in [-0.15, -0.1) is 0 Å². The molecule has 1 atom stereocenters. The van der Waals surface area contributed by atoms with E-state index >= 15 is 0 Å². The second-order valence-electron chi connectivity index (χ2n) is 4.13. The highest BCUT2D eigenvalue weighted by atomic mass is 79.9. The summed E-state index contributed by atoms with van der Waals surface area (Å²) in [6, 6.07) is 0.226. The number of piperazine rings is 1. The molecule has 1 aliphatic heterocycles. The second-order valence-corrected chi connectivity index (χ2v) is 5.34. The minimum atomic E-state index is 0.226. The lowest BCUT2D eigenvalue weighted by atomic mass is 10.2. The molecular formula is C10H14BrClN4. The molecule has 1 aromatic rings. The third-order valence-electron chi connectivity index (χ3n) is 2.87. The number of hydrogen-bond donors (Lipinski definition) is 0. The molecule has 2 rings (SSSR count). The highest BCUT2D eigenvalue weighted by molar-refractivity contribution is 9.10. The summed E-state index contributed by atoms with van der Waals surface area (Å²) in [5.74, 6) is 0.794. The van der Waals surface area contributed by atoms with Crippen LogP contribution in [0, 0.1) is 0 Å². The summed E-state index contributed by atoms with van der Waals surface area (Å²) in [7, 11) is 4.21.